The maximum Gasteiger partial charge on any atom is 0.338 e. The number of methoxy groups -OCH3 is 2. The summed E-state index contributed by atoms with van der Waals surface area (Å²) in [6.45, 7) is 3.72. The van der Waals surface area contributed by atoms with E-state index >= 15 is 0 Å². The fourth-order valence-electron chi connectivity index (χ4n) is 5.02. The van der Waals surface area contributed by atoms with Crippen LogP contribution >= 0.6 is 65.8 Å². The Balaban J connectivity index is 1.66. The number of allylic oxidation sites excluding steroid dienone is 1. The summed E-state index contributed by atoms with van der Waals surface area (Å²) in [5.41, 5.74) is 2.21. The normalized spacial score (nSPS) is 14.4. The molecule has 0 fully saturated rings. The molecule has 0 unspecified atom stereocenters. The fraction of sp³-hybridized carbons (Fsp3) is 0.219. The van der Waals surface area contributed by atoms with E-state index < -0.39 is 16.9 Å². The zero-order valence-electron chi connectivity index (χ0n) is 25.3. The van der Waals surface area contributed by atoms with Gasteiger partial charge in [0.25, 0.3) is 11.2 Å². The van der Waals surface area contributed by atoms with Crippen molar-refractivity contribution in [1.82, 2.24) is 4.57 Å². The number of carbonyl (C=O) groups excluding carboxylic acids is 1. The summed E-state index contributed by atoms with van der Waals surface area (Å²) in [5.74, 6) is 0.836. The number of carbonyl (C=O) groups is 1. The molecule has 4 aromatic rings. The second-order valence-corrected chi connectivity index (χ2v) is 14.0. The van der Waals surface area contributed by atoms with Gasteiger partial charge in [-0.1, -0.05) is 43.2 Å². The first-order chi connectivity index (χ1) is 22.5. The number of halogens is 3. The Labute approximate surface area is 303 Å². The molecule has 1 aromatic heterocycles. The Morgan fingerprint density at radius 1 is 1.13 bits per heavy atom. The summed E-state index contributed by atoms with van der Waals surface area (Å²) in [4.78, 5) is 43.3. The van der Waals surface area contributed by atoms with E-state index in [2.05, 4.69) is 59.4 Å². The number of nitro benzene ring substituents is 1. The molecule has 0 N–H and O–H groups in total. The molecular formula is C32H26Br2IN3O8S. The van der Waals surface area contributed by atoms with Gasteiger partial charge in [-0.05, 0) is 90.0 Å². The smallest absolute Gasteiger partial charge is 0.338 e. The third-order valence-electron chi connectivity index (χ3n) is 7.17. The van der Waals surface area contributed by atoms with Crippen molar-refractivity contribution in [1.29, 1.82) is 0 Å². The first-order valence-corrected chi connectivity index (χ1v) is 17.4. The van der Waals surface area contributed by atoms with Crippen LogP contribution < -0.4 is 29.1 Å². The zero-order valence-corrected chi connectivity index (χ0v) is 31.5. The molecule has 0 aliphatic carbocycles. The Morgan fingerprint density at radius 2 is 1.81 bits per heavy atom. The van der Waals surface area contributed by atoms with Crippen LogP contribution in [0, 0.1) is 13.7 Å². The predicted molar refractivity (Wildman–Crippen MR) is 192 cm³/mol. The van der Waals surface area contributed by atoms with Gasteiger partial charge in [-0.3, -0.25) is 19.5 Å². The lowest BCUT2D eigenvalue weighted by Crippen LogP contribution is -2.40. The molecule has 5 rings (SSSR count). The van der Waals surface area contributed by atoms with Crippen molar-refractivity contribution in [2.75, 3.05) is 20.8 Å². The van der Waals surface area contributed by atoms with Gasteiger partial charge in [-0.15, -0.1) is 0 Å². The molecule has 0 saturated heterocycles. The average molecular weight is 899 g/mol. The van der Waals surface area contributed by atoms with Crippen LogP contribution in [0.2, 0.25) is 0 Å². The third-order valence-corrected chi connectivity index (χ3v) is 10.1. The molecule has 0 saturated carbocycles. The lowest BCUT2D eigenvalue weighted by atomic mass is 9.95. The topological polar surface area (TPSA) is 131 Å². The number of thiazole rings is 1. The number of aromatic nitrogens is 1. The zero-order chi connectivity index (χ0) is 34.0. The SMILES string of the molecule is CCOC(=O)C1=C(C)N=c2s/c(=C\c3cc(Br)cc(I)c3OCc3ccc([N+](=O)[O-])cc3)c(=O)n2[C@H]1c1cc(OC)c(OC)cc1Br. The maximum absolute atomic E-state index is 14.3. The van der Waals surface area contributed by atoms with E-state index in [0.717, 1.165) is 13.6 Å². The van der Waals surface area contributed by atoms with Crippen molar-refractivity contribution >= 4 is 83.5 Å². The number of nitrogens with zero attached hydrogens (tertiary/aromatic N) is 3. The Bertz CT molecular complexity index is 2110. The van der Waals surface area contributed by atoms with Gasteiger partial charge in [0.15, 0.2) is 16.3 Å². The molecule has 0 bridgehead atoms. The highest BCUT2D eigenvalue weighted by Gasteiger charge is 2.35. The van der Waals surface area contributed by atoms with E-state index in [9.17, 15) is 19.7 Å². The van der Waals surface area contributed by atoms with Gasteiger partial charge in [0.05, 0.1) is 51.2 Å². The molecule has 1 aliphatic heterocycles. The molecule has 1 aliphatic rings. The average Bonchev–Trinajstić information content (AvgIpc) is 3.33. The number of esters is 1. The second kappa shape index (κ2) is 14.7. The van der Waals surface area contributed by atoms with Crippen LogP contribution in [0.25, 0.3) is 6.08 Å². The van der Waals surface area contributed by atoms with E-state index in [0.29, 0.717) is 47.9 Å². The summed E-state index contributed by atoms with van der Waals surface area (Å²) in [6.07, 6.45) is 1.73. The number of benzene rings is 3. The van der Waals surface area contributed by atoms with Crippen molar-refractivity contribution < 1.29 is 28.7 Å². The monoisotopic (exact) mass is 897 g/mol. The number of hydrogen-bond acceptors (Lipinski definition) is 10. The third kappa shape index (κ3) is 7.17. The van der Waals surface area contributed by atoms with Gasteiger partial charge in [0, 0.05) is 26.6 Å². The maximum atomic E-state index is 14.3. The summed E-state index contributed by atoms with van der Waals surface area (Å²) in [5, 5.41) is 11.1. The number of rotatable bonds is 10. The van der Waals surface area contributed by atoms with E-state index in [-0.39, 0.29) is 30.0 Å². The quantitative estimate of drug-likeness (QED) is 0.0771. The van der Waals surface area contributed by atoms with Crippen LogP contribution in [-0.2, 0) is 16.1 Å². The van der Waals surface area contributed by atoms with Crippen LogP contribution in [-0.4, -0.2) is 36.3 Å². The molecule has 15 heteroatoms. The van der Waals surface area contributed by atoms with Crippen molar-refractivity contribution in [3.8, 4) is 17.2 Å². The predicted octanol–water partition coefficient (Wildman–Crippen LogP) is 6.43. The standard InChI is InChI=1S/C32H26Br2IN3O8S/c1-5-45-31(40)27-16(2)36-32-37(28(27)21-13-24(43-3)25(44-4)14-22(21)34)30(39)26(47-32)11-18-10-19(33)12-23(35)29(18)46-15-17-6-8-20(9-7-17)38(41)42/h6-14,28H,5,15H2,1-4H3/b26-11-/t28-/m0/s1. The Hall–Kier alpha value is -3.54. The highest BCUT2D eigenvalue weighted by molar-refractivity contribution is 14.1. The number of hydrogen-bond donors (Lipinski definition) is 0. The van der Waals surface area contributed by atoms with Gasteiger partial charge in [0.1, 0.15) is 12.4 Å². The van der Waals surface area contributed by atoms with Gasteiger partial charge in [0.2, 0.25) is 0 Å². The summed E-state index contributed by atoms with van der Waals surface area (Å²) in [7, 11) is 3.03. The summed E-state index contributed by atoms with van der Waals surface area (Å²) in [6, 6.07) is 12.4. The van der Waals surface area contributed by atoms with Crippen molar-refractivity contribution in [2.45, 2.75) is 26.5 Å². The largest absolute Gasteiger partial charge is 0.493 e. The fourth-order valence-corrected chi connectivity index (χ4v) is 8.30. The molecule has 0 spiro atoms. The van der Waals surface area contributed by atoms with Gasteiger partial charge >= 0.3 is 5.97 Å². The van der Waals surface area contributed by atoms with Crippen molar-refractivity contribution in [3.63, 3.8) is 0 Å². The van der Waals surface area contributed by atoms with Crippen LogP contribution in [0.3, 0.4) is 0 Å². The lowest BCUT2D eigenvalue weighted by molar-refractivity contribution is -0.384. The van der Waals surface area contributed by atoms with Crippen molar-refractivity contribution in [3.05, 3.63) is 119 Å². The number of ether oxygens (including phenoxy) is 4. The number of fused-ring (bicyclic) bond motifs is 1. The molecule has 1 atom stereocenters. The first-order valence-electron chi connectivity index (χ1n) is 13.9. The van der Waals surface area contributed by atoms with E-state index in [1.165, 1.54) is 42.3 Å². The minimum Gasteiger partial charge on any atom is -0.493 e. The molecule has 47 heavy (non-hydrogen) atoms. The van der Waals surface area contributed by atoms with Gasteiger partial charge in [-0.2, -0.15) is 0 Å². The Kier molecular flexibility index (Phi) is 10.9. The minimum absolute atomic E-state index is 0.0113. The lowest BCUT2D eigenvalue weighted by Gasteiger charge is -2.26. The second-order valence-electron chi connectivity index (χ2n) is 10.0. The van der Waals surface area contributed by atoms with Gasteiger partial charge in [-0.25, -0.2) is 9.79 Å². The van der Waals surface area contributed by atoms with Crippen LogP contribution in [0.4, 0.5) is 5.69 Å². The molecule has 3 aromatic carbocycles. The molecular weight excluding hydrogens is 873 g/mol. The first kappa shape index (κ1) is 34.8. The van der Waals surface area contributed by atoms with Crippen LogP contribution in [0.15, 0.2) is 78.5 Å². The Morgan fingerprint density at radius 3 is 2.45 bits per heavy atom. The van der Waals surface area contributed by atoms with E-state index in [4.69, 9.17) is 18.9 Å². The minimum atomic E-state index is -0.887. The van der Waals surface area contributed by atoms with Gasteiger partial charge < -0.3 is 18.9 Å². The van der Waals surface area contributed by atoms with Crippen LogP contribution in [0.1, 0.15) is 36.6 Å². The number of non-ortho nitro benzene ring substituents is 1. The molecule has 0 radical (unpaired) electrons. The summed E-state index contributed by atoms with van der Waals surface area (Å²) >= 11 is 10.5. The van der Waals surface area contributed by atoms with E-state index in [1.807, 2.05) is 12.1 Å². The van der Waals surface area contributed by atoms with Crippen molar-refractivity contribution in [2.24, 2.45) is 4.99 Å². The highest BCUT2D eigenvalue weighted by Crippen LogP contribution is 2.41. The summed E-state index contributed by atoms with van der Waals surface area (Å²) < 4.78 is 26.6. The highest BCUT2D eigenvalue weighted by atomic mass is 127. The molecule has 0 amide bonds. The number of nitro groups is 1. The van der Waals surface area contributed by atoms with E-state index in [1.54, 1.807) is 44.2 Å². The molecule has 11 nitrogen and oxygen atoms in total. The molecule has 2 heterocycles. The molecule has 244 valence electrons. The van der Waals surface area contributed by atoms with Crippen LogP contribution in [0.5, 0.6) is 17.2 Å².